The topological polar surface area (TPSA) is 12.0 Å². The summed E-state index contributed by atoms with van der Waals surface area (Å²) in [7, 11) is 0. The summed E-state index contributed by atoms with van der Waals surface area (Å²) < 4.78 is 1.50. The molecule has 0 bridgehead atoms. The van der Waals surface area contributed by atoms with Crippen LogP contribution in [-0.4, -0.2) is 21.0 Å². The summed E-state index contributed by atoms with van der Waals surface area (Å²) in [6.45, 7) is 7.21. The van der Waals surface area contributed by atoms with Crippen molar-refractivity contribution in [1.82, 2.24) is 5.32 Å². The van der Waals surface area contributed by atoms with Gasteiger partial charge in [0.25, 0.3) is 0 Å². The molecule has 0 heterocycles. The maximum absolute atomic E-state index is 3.99. The summed E-state index contributed by atoms with van der Waals surface area (Å²) in [6, 6.07) is 22.2. The van der Waals surface area contributed by atoms with E-state index in [1.165, 1.54) is 29.3 Å². The molecule has 0 aliphatic carbocycles. The Morgan fingerprint density at radius 1 is 1.04 bits per heavy atom. The van der Waals surface area contributed by atoms with Gasteiger partial charge in [-0.25, -0.2) is 0 Å². The molecule has 2 atom stereocenters. The summed E-state index contributed by atoms with van der Waals surface area (Å²) >= 11 is 0.494. The van der Waals surface area contributed by atoms with E-state index in [0.29, 0.717) is 25.8 Å². The SMILES string of the molecule is C=CC[C@H](NCc1ccccc1)[C@H](CCCC)[Se]c1ccccc1. The van der Waals surface area contributed by atoms with Crippen molar-refractivity contribution >= 4 is 19.4 Å². The van der Waals surface area contributed by atoms with Crippen molar-refractivity contribution in [3.05, 3.63) is 78.9 Å². The average Bonchev–Trinajstić information content (AvgIpc) is 2.64. The second kappa shape index (κ2) is 11.3. The van der Waals surface area contributed by atoms with Crippen LogP contribution >= 0.6 is 0 Å². The molecular formula is C22H29NSe. The molecule has 0 amide bonds. The third-order valence-electron chi connectivity index (χ3n) is 4.15. The summed E-state index contributed by atoms with van der Waals surface area (Å²) in [4.78, 5) is 0.710. The molecule has 0 saturated heterocycles. The number of rotatable bonds is 11. The van der Waals surface area contributed by atoms with E-state index in [0.717, 1.165) is 13.0 Å². The van der Waals surface area contributed by atoms with Crippen LogP contribution < -0.4 is 9.78 Å². The molecule has 0 spiro atoms. The Balaban J connectivity index is 2.04. The van der Waals surface area contributed by atoms with Gasteiger partial charge in [0.15, 0.2) is 0 Å². The van der Waals surface area contributed by atoms with Crippen LogP contribution in [0.1, 0.15) is 38.2 Å². The van der Waals surface area contributed by atoms with E-state index in [2.05, 4.69) is 85.6 Å². The Labute approximate surface area is 153 Å². The normalized spacial score (nSPS) is 13.4. The fraction of sp³-hybridized carbons (Fsp3) is 0.364. The van der Waals surface area contributed by atoms with Gasteiger partial charge in [-0.15, -0.1) is 0 Å². The van der Waals surface area contributed by atoms with Gasteiger partial charge >= 0.3 is 154 Å². The molecule has 1 nitrogen and oxygen atoms in total. The molecule has 0 unspecified atom stereocenters. The van der Waals surface area contributed by atoms with Gasteiger partial charge in [0, 0.05) is 0 Å². The van der Waals surface area contributed by atoms with E-state index in [1.54, 1.807) is 0 Å². The van der Waals surface area contributed by atoms with Gasteiger partial charge in [0.2, 0.25) is 0 Å². The molecule has 0 fully saturated rings. The maximum atomic E-state index is 3.99. The fourth-order valence-corrected chi connectivity index (χ4v) is 5.58. The van der Waals surface area contributed by atoms with Crippen molar-refractivity contribution < 1.29 is 0 Å². The number of nitrogens with one attached hydrogen (secondary N) is 1. The summed E-state index contributed by atoms with van der Waals surface area (Å²) in [5.41, 5.74) is 1.35. The van der Waals surface area contributed by atoms with Gasteiger partial charge in [0.05, 0.1) is 0 Å². The molecule has 2 heteroatoms. The van der Waals surface area contributed by atoms with Gasteiger partial charge in [-0.3, -0.25) is 0 Å². The van der Waals surface area contributed by atoms with Crippen molar-refractivity contribution in [2.75, 3.05) is 0 Å². The predicted octanol–water partition coefficient (Wildman–Crippen LogP) is 4.73. The van der Waals surface area contributed by atoms with E-state index >= 15 is 0 Å². The summed E-state index contributed by atoms with van der Waals surface area (Å²) in [5.74, 6) is 0. The monoisotopic (exact) mass is 387 g/mol. The van der Waals surface area contributed by atoms with Gasteiger partial charge < -0.3 is 0 Å². The molecule has 128 valence electrons. The summed E-state index contributed by atoms with van der Waals surface area (Å²) in [5, 5.41) is 3.81. The van der Waals surface area contributed by atoms with Gasteiger partial charge in [-0.2, -0.15) is 0 Å². The molecule has 0 aliphatic heterocycles. The van der Waals surface area contributed by atoms with Crippen molar-refractivity contribution in [2.24, 2.45) is 0 Å². The molecule has 2 rings (SSSR count). The molecule has 2 aromatic carbocycles. The van der Waals surface area contributed by atoms with Crippen molar-refractivity contribution in [3.8, 4) is 0 Å². The zero-order valence-electron chi connectivity index (χ0n) is 14.7. The first-order valence-electron chi connectivity index (χ1n) is 8.93. The van der Waals surface area contributed by atoms with E-state index < -0.39 is 0 Å². The number of hydrogen-bond donors (Lipinski definition) is 1. The zero-order valence-corrected chi connectivity index (χ0v) is 16.4. The summed E-state index contributed by atoms with van der Waals surface area (Å²) in [6.07, 6.45) is 6.98. The standard InChI is InChI=1S/C22H29NSe/c1-3-5-17-22(24-20-15-10-7-11-16-20)21(12-4-2)23-18-19-13-8-6-9-14-19/h4,6-11,13-16,21-23H,2-3,5,12,17-18H2,1H3/t21-,22-/m0/s1. The minimum absolute atomic E-state index is 0.494. The van der Waals surface area contributed by atoms with Crippen molar-refractivity contribution in [1.29, 1.82) is 0 Å². The van der Waals surface area contributed by atoms with E-state index in [-0.39, 0.29) is 0 Å². The molecular weight excluding hydrogens is 357 g/mol. The number of benzene rings is 2. The Kier molecular flexibility index (Phi) is 8.91. The van der Waals surface area contributed by atoms with Gasteiger partial charge in [0.1, 0.15) is 0 Å². The predicted molar refractivity (Wildman–Crippen MR) is 107 cm³/mol. The molecule has 2 aromatic rings. The van der Waals surface area contributed by atoms with Crippen LogP contribution in [-0.2, 0) is 6.54 Å². The average molecular weight is 386 g/mol. The molecule has 0 radical (unpaired) electrons. The molecule has 24 heavy (non-hydrogen) atoms. The number of hydrogen-bond acceptors (Lipinski definition) is 1. The van der Waals surface area contributed by atoms with Crippen LogP contribution in [0.2, 0.25) is 4.82 Å². The molecule has 0 aromatic heterocycles. The first kappa shape index (κ1) is 19.0. The van der Waals surface area contributed by atoms with E-state index in [1.807, 2.05) is 0 Å². The van der Waals surface area contributed by atoms with Crippen LogP contribution in [0.3, 0.4) is 0 Å². The quantitative estimate of drug-likeness (QED) is 0.435. The van der Waals surface area contributed by atoms with Crippen LogP contribution in [0.15, 0.2) is 73.3 Å². The third-order valence-corrected chi connectivity index (χ3v) is 7.11. The molecule has 0 aliphatic rings. The van der Waals surface area contributed by atoms with E-state index in [4.69, 9.17) is 0 Å². The van der Waals surface area contributed by atoms with Crippen molar-refractivity contribution in [2.45, 2.75) is 50.0 Å². The Bertz CT molecular complexity index is 567. The Hall–Kier alpha value is -1.34. The second-order valence-electron chi connectivity index (χ2n) is 6.11. The van der Waals surface area contributed by atoms with Crippen LogP contribution in [0, 0.1) is 0 Å². The Morgan fingerprint density at radius 2 is 1.71 bits per heavy atom. The first-order chi connectivity index (χ1) is 11.8. The van der Waals surface area contributed by atoms with Crippen LogP contribution in [0.4, 0.5) is 0 Å². The molecule has 0 saturated carbocycles. The molecule has 1 N–H and O–H groups in total. The first-order valence-corrected chi connectivity index (χ1v) is 10.8. The fourth-order valence-electron chi connectivity index (χ4n) is 2.81. The second-order valence-corrected chi connectivity index (χ2v) is 8.86. The van der Waals surface area contributed by atoms with E-state index in [9.17, 15) is 0 Å². The van der Waals surface area contributed by atoms with Gasteiger partial charge in [-0.05, 0) is 0 Å². The van der Waals surface area contributed by atoms with Crippen LogP contribution in [0.25, 0.3) is 0 Å². The Morgan fingerprint density at radius 3 is 2.33 bits per heavy atom. The van der Waals surface area contributed by atoms with Crippen molar-refractivity contribution in [3.63, 3.8) is 0 Å². The number of unbranched alkanes of at least 4 members (excludes halogenated alkanes) is 1. The minimum atomic E-state index is 0.494. The zero-order chi connectivity index (χ0) is 17.0. The third kappa shape index (κ3) is 6.65. The van der Waals surface area contributed by atoms with Gasteiger partial charge in [-0.1, -0.05) is 0 Å². The van der Waals surface area contributed by atoms with Crippen LogP contribution in [0.5, 0.6) is 0 Å².